The lowest BCUT2D eigenvalue weighted by Crippen LogP contribution is -2.33. The van der Waals surface area contributed by atoms with Crippen LogP contribution in [0.4, 0.5) is 4.39 Å². The van der Waals surface area contributed by atoms with Crippen molar-refractivity contribution in [1.29, 1.82) is 0 Å². The Bertz CT molecular complexity index is 411. The number of pyridine rings is 1. The Balaban J connectivity index is 1.85. The monoisotopic (exact) mass is 266 g/mol. The van der Waals surface area contributed by atoms with E-state index in [1.165, 1.54) is 12.5 Å². The first kappa shape index (κ1) is 14.3. The highest BCUT2D eigenvalue weighted by Gasteiger charge is 2.27. The maximum Gasteiger partial charge on any atom is 0.216 e. The van der Waals surface area contributed by atoms with E-state index in [4.69, 9.17) is 4.74 Å². The van der Waals surface area contributed by atoms with Gasteiger partial charge in [-0.3, -0.25) is 4.90 Å². The van der Waals surface area contributed by atoms with Crippen LogP contribution in [0.25, 0.3) is 0 Å². The number of hydrogen-bond acceptors (Lipinski definition) is 3. The lowest BCUT2D eigenvalue weighted by molar-refractivity contribution is 0.167. The van der Waals surface area contributed by atoms with Gasteiger partial charge in [-0.05, 0) is 31.7 Å². The molecule has 0 aromatic carbocycles. The third kappa shape index (κ3) is 4.16. The molecule has 0 amide bonds. The first-order valence-corrected chi connectivity index (χ1v) is 7.08. The number of nitrogens with zero attached hydrogens (tertiary/aromatic N) is 2. The van der Waals surface area contributed by atoms with Crippen molar-refractivity contribution in [2.24, 2.45) is 5.92 Å². The Morgan fingerprint density at radius 2 is 2.21 bits per heavy atom. The maximum atomic E-state index is 13.0. The van der Waals surface area contributed by atoms with Gasteiger partial charge < -0.3 is 4.74 Å². The lowest BCUT2D eigenvalue weighted by Gasteiger charge is -2.25. The molecule has 2 rings (SSSR count). The smallest absolute Gasteiger partial charge is 0.216 e. The van der Waals surface area contributed by atoms with Gasteiger partial charge in [0.2, 0.25) is 11.8 Å². The van der Waals surface area contributed by atoms with Gasteiger partial charge in [-0.1, -0.05) is 19.9 Å². The molecule has 1 fully saturated rings. The van der Waals surface area contributed by atoms with Gasteiger partial charge in [0.25, 0.3) is 0 Å². The normalized spacial score (nSPS) is 21.8. The van der Waals surface area contributed by atoms with Crippen LogP contribution in [0.5, 0.6) is 5.88 Å². The highest BCUT2D eigenvalue weighted by molar-refractivity contribution is 5.11. The summed E-state index contributed by atoms with van der Waals surface area (Å²) in [6, 6.07) is 5.25. The fourth-order valence-corrected chi connectivity index (χ4v) is 2.71. The Morgan fingerprint density at radius 3 is 2.89 bits per heavy atom. The summed E-state index contributed by atoms with van der Waals surface area (Å²) in [5.74, 6) is 0.615. The molecule has 2 unspecified atom stereocenters. The van der Waals surface area contributed by atoms with Gasteiger partial charge in [-0.15, -0.1) is 0 Å². The summed E-state index contributed by atoms with van der Waals surface area (Å²) in [7, 11) is 0. The maximum absolute atomic E-state index is 13.0. The molecule has 1 aromatic heterocycles. The summed E-state index contributed by atoms with van der Waals surface area (Å²) in [6.45, 7) is 8.72. The fourth-order valence-electron chi connectivity index (χ4n) is 2.71. The zero-order chi connectivity index (χ0) is 13.8. The van der Waals surface area contributed by atoms with E-state index < -0.39 is 5.95 Å². The van der Waals surface area contributed by atoms with Gasteiger partial charge in [0, 0.05) is 25.2 Å². The van der Waals surface area contributed by atoms with Crippen molar-refractivity contribution >= 4 is 0 Å². The molecule has 19 heavy (non-hydrogen) atoms. The van der Waals surface area contributed by atoms with Crippen molar-refractivity contribution in [3.63, 3.8) is 0 Å². The molecule has 0 saturated carbocycles. The van der Waals surface area contributed by atoms with Crippen LogP contribution in [0, 0.1) is 11.9 Å². The minimum atomic E-state index is -0.486. The van der Waals surface area contributed by atoms with Gasteiger partial charge >= 0.3 is 0 Å². The first-order valence-electron chi connectivity index (χ1n) is 7.08. The average Bonchev–Trinajstić information content (AvgIpc) is 2.76. The van der Waals surface area contributed by atoms with Crippen molar-refractivity contribution in [3.8, 4) is 5.88 Å². The van der Waals surface area contributed by atoms with Gasteiger partial charge in [0.1, 0.15) is 6.10 Å². The minimum absolute atomic E-state index is 0.129. The van der Waals surface area contributed by atoms with Crippen LogP contribution in [-0.4, -0.2) is 35.1 Å². The number of hydrogen-bond donors (Lipinski definition) is 0. The van der Waals surface area contributed by atoms with E-state index >= 15 is 0 Å². The van der Waals surface area contributed by atoms with Crippen molar-refractivity contribution < 1.29 is 9.13 Å². The summed E-state index contributed by atoms with van der Waals surface area (Å²) in [4.78, 5) is 6.20. The Labute approximate surface area is 114 Å². The number of halogens is 1. The highest BCUT2D eigenvalue weighted by Crippen LogP contribution is 2.21. The van der Waals surface area contributed by atoms with Crippen LogP contribution in [0.1, 0.15) is 33.6 Å². The zero-order valence-electron chi connectivity index (χ0n) is 12.0. The van der Waals surface area contributed by atoms with E-state index in [1.54, 1.807) is 12.1 Å². The second kappa shape index (κ2) is 6.33. The lowest BCUT2D eigenvalue weighted by atomic mass is 10.0. The third-order valence-corrected chi connectivity index (χ3v) is 3.59. The predicted molar refractivity (Wildman–Crippen MR) is 73.7 cm³/mol. The summed E-state index contributed by atoms with van der Waals surface area (Å²) in [5.41, 5.74) is 0. The second-order valence-electron chi connectivity index (χ2n) is 5.80. The molecule has 4 heteroatoms. The highest BCUT2D eigenvalue weighted by atomic mass is 19.1. The van der Waals surface area contributed by atoms with Gasteiger partial charge in [0.15, 0.2) is 0 Å². The van der Waals surface area contributed by atoms with Crippen molar-refractivity contribution in [1.82, 2.24) is 9.88 Å². The predicted octanol–water partition coefficient (Wildman–Crippen LogP) is 3.11. The Morgan fingerprint density at radius 1 is 1.42 bits per heavy atom. The number of rotatable bonds is 5. The summed E-state index contributed by atoms with van der Waals surface area (Å²) in [6.07, 6.45) is 2.31. The molecule has 0 bridgehead atoms. The fraction of sp³-hybridized carbons (Fsp3) is 0.667. The SMILES string of the molecule is CC(C)CC(C)N1CCC(Oc2cccc(F)n2)C1. The molecule has 0 N–H and O–H groups in total. The van der Waals surface area contributed by atoms with E-state index in [0.717, 1.165) is 19.5 Å². The van der Waals surface area contributed by atoms with Crippen molar-refractivity contribution in [3.05, 3.63) is 24.1 Å². The van der Waals surface area contributed by atoms with Crippen LogP contribution < -0.4 is 4.74 Å². The molecular formula is C15H23FN2O. The molecule has 1 aliphatic rings. The molecule has 2 atom stereocenters. The molecule has 0 spiro atoms. The van der Waals surface area contributed by atoms with Crippen LogP contribution in [0.2, 0.25) is 0 Å². The molecule has 0 radical (unpaired) electrons. The molecule has 0 aliphatic carbocycles. The zero-order valence-corrected chi connectivity index (χ0v) is 12.0. The molecule has 3 nitrogen and oxygen atoms in total. The topological polar surface area (TPSA) is 25.4 Å². The molecule has 1 saturated heterocycles. The van der Waals surface area contributed by atoms with E-state index in [-0.39, 0.29) is 6.10 Å². The van der Waals surface area contributed by atoms with Crippen molar-refractivity contribution in [2.75, 3.05) is 13.1 Å². The van der Waals surface area contributed by atoms with Crippen LogP contribution in [-0.2, 0) is 0 Å². The number of likely N-dealkylation sites (tertiary alicyclic amines) is 1. The van der Waals surface area contributed by atoms with Crippen LogP contribution in [0.15, 0.2) is 18.2 Å². The molecular weight excluding hydrogens is 243 g/mol. The van der Waals surface area contributed by atoms with E-state index in [9.17, 15) is 4.39 Å². The number of ether oxygens (including phenoxy) is 1. The number of aromatic nitrogens is 1. The van der Waals surface area contributed by atoms with E-state index in [2.05, 4.69) is 30.7 Å². The third-order valence-electron chi connectivity index (χ3n) is 3.59. The first-order chi connectivity index (χ1) is 9.04. The van der Waals surface area contributed by atoms with Gasteiger partial charge in [-0.2, -0.15) is 9.37 Å². The van der Waals surface area contributed by atoms with Gasteiger partial charge in [-0.25, -0.2) is 0 Å². The van der Waals surface area contributed by atoms with Gasteiger partial charge in [0.05, 0.1) is 0 Å². The average molecular weight is 266 g/mol. The minimum Gasteiger partial charge on any atom is -0.473 e. The molecule has 1 aliphatic heterocycles. The van der Waals surface area contributed by atoms with Crippen LogP contribution in [0.3, 0.4) is 0 Å². The molecule has 1 aromatic rings. The second-order valence-corrected chi connectivity index (χ2v) is 5.80. The molecule has 106 valence electrons. The van der Waals surface area contributed by atoms with E-state index in [0.29, 0.717) is 17.8 Å². The van der Waals surface area contributed by atoms with Crippen molar-refractivity contribution in [2.45, 2.75) is 45.8 Å². The quantitative estimate of drug-likeness (QED) is 0.766. The molecule has 2 heterocycles. The summed E-state index contributed by atoms with van der Waals surface area (Å²) in [5, 5.41) is 0. The Hall–Kier alpha value is -1.16. The van der Waals surface area contributed by atoms with E-state index in [1.807, 2.05) is 0 Å². The largest absolute Gasteiger partial charge is 0.473 e. The summed E-state index contributed by atoms with van der Waals surface area (Å²) < 4.78 is 18.7. The standard InChI is InChI=1S/C15H23FN2O/c1-11(2)9-12(3)18-8-7-13(10-18)19-15-6-4-5-14(16)17-15/h4-6,11-13H,7-10H2,1-3H3. The van der Waals surface area contributed by atoms with Crippen LogP contribution >= 0.6 is 0 Å². The summed E-state index contributed by atoms with van der Waals surface area (Å²) >= 11 is 0. The Kier molecular flexibility index (Phi) is 4.75.